The van der Waals surface area contributed by atoms with Gasteiger partial charge in [-0.1, -0.05) is 6.42 Å². The third kappa shape index (κ3) is 7.56. The van der Waals surface area contributed by atoms with Crippen LogP contribution < -0.4 is 10.6 Å². The second-order valence-electron chi connectivity index (χ2n) is 11.7. The highest BCUT2D eigenvalue weighted by Crippen LogP contribution is 2.39. The molecule has 0 amide bonds. The van der Waals surface area contributed by atoms with Gasteiger partial charge in [-0.25, -0.2) is 9.67 Å². The molecule has 0 bridgehead atoms. The second-order valence-corrected chi connectivity index (χ2v) is 11.7. The van der Waals surface area contributed by atoms with Gasteiger partial charge in [0.1, 0.15) is 12.1 Å². The Morgan fingerprint density at radius 2 is 1.78 bits per heavy atom. The van der Waals surface area contributed by atoms with E-state index in [2.05, 4.69) is 35.9 Å². The van der Waals surface area contributed by atoms with Crippen molar-refractivity contribution in [3.05, 3.63) is 78.0 Å². The molecule has 2 N–H and O–H groups in total. The molecule has 0 spiro atoms. The molecule has 0 atom stereocenters. The molecule has 16 heteroatoms. The van der Waals surface area contributed by atoms with Gasteiger partial charge in [-0.3, -0.25) is 4.98 Å². The first kappa shape index (κ1) is 33.6. The predicted molar refractivity (Wildman–Crippen MR) is 168 cm³/mol. The minimum absolute atomic E-state index is 0.0763. The Morgan fingerprint density at radius 3 is 2.45 bits per heavy atom. The summed E-state index contributed by atoms with van der Waals surface area (Å²) in [6.07, 6.45) is -1.50. The molecular formula is C33H30F6N10. The fourth-order valence-corrected chi connectivity index (χ4v) is 5.42. The second kappa shape index (κ2) is 13.7. The van der Waals surface area contributed by atoms with E-state index in [9.17, 15) is 26.3 Å². The van der Waals surface area contributed by atoms with Gasteiger partial charge in [-0.15, -0.1) is 10.2 Å². The number of hydrogen-bond acceptors (Lipinski definition) is 8. The van der Waals surface area contributed by atoms with E-state index < -0.39 is 23.5 Å². The van der Waals surface area contributed by atoms with Crippen molar-refractivity contribution in [1.29, 1.82) is 5.26 Å². The molecule has 1 saturated carbocycles. The number of pyridine rings is 2. The van der Waals surface area contributed by atoms with Gasteiger partial charge in [0, 0.05) is 49.9 Å². The Morgan fingerprint density at radius 1 is 0.959 bits per heavy atom. The molecule has 1 aromatic carbocycles. The molecule has 254 valence electrons. The largest absolute Gasteiger partial charge is 0.418 e. The number of benzene rings is 1. The lowest BCUT2D eigenvalue weighted by Gasteiger charge is -2.26. The van der Waals surface area contributed by atoms with Gasteiger partial charge >= 0.3 is 12.4 Å². The van der Waals surface area contributed by atoms with Crippen molar-refractivity contribution in [2.45, 2.75) is 57.0 Å². The lowest BCUT2D eigenvalue weighted by Crippen LogP contribution is -2.34. The van der Waals surface area contributed by atoms with Crippen molar-refractivity contribution in [1.82, 2.24) is 39.8 Å². The molecule has 4 heterocycles. The first-order valence-electron chi connectivity index (χ1n) is 15.5. The summed E-state index contributed by atoms with van der Waals surface area (Å²) in [6.45, 7) is 0.631. The Hall–Kier alpha value is -5.30. The highest BCUT2D eigenvalue weighted by atomic mass is 19.4. The van der Waals surface area contributed by atoms with Gasteiger partial charge < -0.3 is 15.2 Å². The highest BCUT2D eigenvalue weighted by molar-refractivity contribution is 5.83. The Kier molecular flexibility index (Phi) is 9.37. The van der Waals surface area contributed by atoms with Crippen molar-refractivity contribution < 1.29 is 26.3 Å². The van der Waals surface area contributed by atoms with E-state index in [1.54, 1.807) is 17.7 Å². The molecule has 10 nitrogen and oxygen atoms in total. The number of nitrogens with zero attached hydrogens (tertiary/aromatic N) is 8. The molecular weight excluding hydrogens is 650 g/mol. The summed E-state index contributed by atoms with van der Waals surface area (Å²) in [7, 11) is 1.66. The number of unbranched alkanes of at least 4 members (excludes halogenated alkanes) is 1. The number of alkyl halides is 6. The van der Waals surface area contributed by atoms with Crippen LogP contribution in [0.15, 0.2) is 61.2 Å². The van der Waals surface area contributed by atoms with Crippen LogP contribution in [0.5, 0.6) is 0 Å². The van der Waals surface area contributed by atoms with Crippen LogP contribution in [0.4, 0.5) is 32.2 Å². The molecule has 5 aromatic rings. The lowest BCUT2D eigenvalue weighted by atomic mass is 9.93. The molecule has 0 saturated heterocycles. The fourth-order valence-electron chi connectivity index (χ4n) is 5.42. The molecule has 1 fully saturated rings. The predicted octanol–water partition coefficient (Wildman–Crippen LogP) is 7.19. The van der Waals surface area contributed by atoms with Crippen molar-refractivity contribution in [2.24, 2.45) is 7.05 Å². The first-order valence-corrected chi connectivity index (χ1v) is 15.5. The maximum atomic E-state index is 14.1. The number of nitrogens with one attached hydrogen (secondary N) is 2. The minimum atomic E-state index is -4.69. The monoisotopic (exact) mass is 680 g/mol. The lowest BCUT2D eigenvalue weighted by molar-refractivity contribution is -0.138. The number of anilines is 1. The van der Waals surface area contributed by atoms with Gasteiger partial charge in [0.2, 0.25) is 0 Å². The molecule has 1 aliphatic rings. The van der Waals surface area contributed by atoms with Crippen LogP contribution in [-0.4, -0.2) is 47.1 Å². The fraction of sp³-hybridized carbons (Fsp3) is 0.333. The number of aromatic nitrogens is 7. The Labute approximate surface area is 276 Å². The van der Waals surface area contributed by atoms with Gasteiger partial charge in [-0.2, -0.15) is 36.7 Å². The van der Waals surface area contributed by atoms with Crippen LogP contribution in [0, 0.1) is 11.3 Å². The summed E-state index contributed by atoms with van der Waals surface area (Å²) in [5.74, 6) is 0.677. The van der Waals surface area contributed by atoms with E-state index >= 15 is 0 Å². The van der Waals surface area contributed by atoms with Gasteiger partial charge in [0.15, 0.2) is 11.6 Å². The maximum absolute atomic E-state index is 14.1. The molecule has 49 heavy (non-hydrogen) atoms. The summed E-state index contributed by atoms with van der Waals surface area (Å²) in [5, 5.41) is 27.6. The van der Waals surface area contributed by atoms with Crippen LogP contribution in [0.1, 0.15) is 48.9 Å². The summed E-state index contributed by atoms with van der Waals surface area (Å²) in [4.78, 5) is 8.92. The minimum Gasteiger partial charge on any atom is -0.370 e. The smallest absolute Gasteiger partial charge is 0.370 e. The summed E-state index contributed by atoms with van der Waals surface area (Å²) >= 11 is 0. The van der Waals surface area contributed by atoms with E-state index in [0.717, 1.165) is 37.5 Å². The van der Waals surface area contributed by atoms with Crippen molar-refractivity contribution in [3.8, 4) is 45.7 Å². The average molecular weight is 681 g/mol. The van der Waals surface area contributed by atoms with E-state index in [0.29, 0.717) is 48.2 Å². The van der Waals surface area contributed by atoms with E-state index in [1.165, 1.54) is 41.6 Å². The topological polar surface area (TPSA) is 122 Å². The zero-order valence-corrected chi connectivity index (χ0v) is 26.1. The maximum Gasteiger partial charge on any atom is 0.418 e. The number of halogens is 6. The quantitative estimate of drug-likeness (QED) is 0.111. The molecule has 1 aliphatic carbocycles. The van der Waals surface area contributed by atoms with Crippen LogP contribution >= 0.6 is 0 Å². The number of rotatable bonds is 11. The first-order chi connectivity index (χ1) is 23.4. The van der Waals surface area contributed by atoms with Crippen LogP contribution in [0.3, 0.4) is 0 Å². The van der Waals surface area contributed by atoms with Crippen molar-refractivity contribution in [2.75, 3.05) is 11.9 Å². The van der Waals surface area contributed by atoms with E-state index in [4.69, 9.17) is 5.26 Å². The third-order valence-corrected chi connectivity index (χ3v) is 8.22. The summed E-state index contributed by atoms with van der Waals surface area (Å²) < 4.78 is 87.0. The summed E-state index contributed by atoms with van der Waals surface area (Å²) in [5.41, 5.74) is -0.803. The van der Waals surface area contributed by atoms with Gasteiger partial charge in [0.25, 0.3) is 0 Å². The van der Waals surface area contributed by atoms with Gasteiger partial charge in [-0.05, 0) is 72.9 Å². The SMILES string of the molecule is Cn1cnnc1-c1ccc(C(F)(F)F)cc1-c1cc(NCCCC#N)nc(-n2cc(-c3nc(CNC4CCC4)ccc3C(F)(F)F)cn2)c1. The standard InChI is InChI=1S/C33H30F6N10/c1-48-19-43-47-31(48)25-9-7-22(32(34,35)36)15-26(25)20-13-28(41-12-3-2-11-40)46-29(14-20)49-18-21(16-44-49)30-27(33(37,38)39)10-8-24(45-30)17-42-23-5-4-6-23/h7-10,13-16,18-19,23,42H,2-6,12,17H2,1H3,(H,41,46). The number of hydrogen-bond donors (Lipinski definition) is 2. The Balaban J connectivity index is 1.44. The summed E-state index contributed by atoms with van der Waals surface area (Å²) in [6, 6.07) is 11.0. The van der Waals surface area contributed by atoms with Crippen LogP contribution in [0.25, 0.3) is 39.6 Å². The zero-order chi connectivity index (χ0) is 34.8. The molecule has 0 unspecified atom stereocenters. The number of nitriles is 1. The van der Waals surface area contributed by atoms with Crippen molar-refractivity contribution >= 4 is 5.82 Å². The Bertz CT molecular complexity index is 1980. The van der Waals surface area contributed by atoms with Crippen molar-refractivity contribution in [3.63, 3.8) is 0 Å². The third-order valence-electron chi connectivity index (χ3n) is 8.22. The highest BCUT2D eigenvalue weighted by Gasteiger charge is 2.35. The zero-order valence-electron chi connectivity index (χ0n) is 26.1. The molecule has 6 rings (SSSR count). The van der Waals surface area contributed by atoms with E-state index in [1.807, 2.05) is 6.07 Å². The van der Waals surface area contributed by atoms with E-state index in [-0.39, 0.29) is 34.9 Å². The number of aryl methyl sites for hydroxylation is 1. The van der Waals surface area contributed by atoms with Gasteiger partial charge in [0.05, 0.1) is 34.8 Å². The van der Waals surface area contributed by atoms with Crippen LogP contribution in [0.2, 0.25) is 0 Å². The average Bonchev–Trinajstić information content (AvgIpc) is 3.71. The molecule has 4 aromatic heterocycles. The van der Waals surface area contributed by atoms with Crippen LogP contribution in [-0.2, 0) is 25.9 Å². The molecule has 0 aliphatic heterocycles. The molecule has 0 radical (unpaired) electrons. The normalized spacial score (nSPS) is 13.7.